The number of rotatable bonds is 11. The monoisotopic (exact) mass is 416 g/mol. The van der Waals surface area contributed by atoms with Gasteiger partial charge in [0.25, 0.3) is 10.0 Å². The number of hydrogen-bond acceptors (Lipinski definition) is 5. The molecule has 2 aromatic rings. The number of ether oxygens (including phenoxy) is 1. The van der Waals surface area contributed by atoms with Crippen LogP contribution in [0.15, 0.2) is 52.5 Å². The Labute approximate surface area is 173 Å². The third kappa shape index (κ3) is 6.71. The molecule has 0 amide bonds. The quantitative estimate of drug-likeness (QED) is 0.254. The molecule has 2 rings (SSSR count). The van der Waals surface area contributed by atoms with Gasteiger partial charge in [-0.15, -0.1) is 0 Å². The molecule has 0 fully saturated rings. The number of carbonyl (C=O) groups is 1. The third-order valence-electron chi connectivity index (χ3n) is 4.38. The van der Waals surface area contributed by atoms with Gasteiger partial charge in [-0.3, -0.25) is 4.79 Å². The minimum Gasteiger partial charge on any atom is -0.493 e. The molecule has 0 aromatic heterocycles. The molecule has 29 heavy (non-hydrogen) atoms. The van der Waals surface area contributed by atoms with Gasteiger partial charge in [0.1, 0.15) is 5.75 Å². The lowest BCUT2D eigenvalue weighted by Crippen LogP contribution is -2.20. The lowest BCUT2D eigenvalue weighted by molar-refractivity contribution is 0.106. The summed E-state index contributed by atoms with van der Waals surface area (Å²) in [5, 5.41) is 3.65. The van der Waals surface area contributed by atoms with E-state index in [1.165, 1.54) is 6.07 Å². The maximum atomic E-state index is 12.5. The number of unbranched alkanes of at least 4 members (excludes halogenated alkanes) is 3. The molecular formula is C22H28N2O4S. The minimum atomic E-state index is -3.85. The molecule has 0 saturated heterocycles. The van der Waals surface area contributed by atoms with Crippen LogP contribution in [0, 0.1) is 13.8 Å². The summed E-state index contributed by atoms with van der Waals surface area (Å²) in [6, 6.07) is 11.9. The smallest absolute Gasteiger partial charge is 0.276 e. The molecule has 0 bridgehead atoms. The van der Waals surface area contributed by atoms with Crippen molar-refractivity contribution in [3.05, 3.63) is 59.2 Å². The van der Waals surface area contributed by atoms with E-state index in [1.807, 2.05) is 6.92 Å². The first-order valence-electron chi connectivity index (χ1n) is 9.73. The maximum absolute atomic E-state index is 12.5. The van der Waals surface area contributed by atoms with Gasteiger partial charge in [0.05, 0.1) is 23.3 Å². The molecule has 6 nitrogen and oxygen atoms in total. The molecular weight excluding hydrogens is 388 g/mol. The first kappa shape index (κ1) is 22.6. The van der Waals surface area contributed by atoms with Crippen LogP contribution in [0.3, 0.4) is 0 Å². The first-order valence-corrected chi connectivity index (χ1v) is 11.2. The Kier molecular flexibility index (Phi) is 8.39. The Morgan fingerprint density at radius 3 is 2.59 bits per heavy atom. The SMILES string of the molecule is CCCCCCOc1ccccc1C(=O)/C=N/NS(=O)(=O)c1ccc(C)cc1C. The van der Waals surface area contributed by atoms with E-state index in [-0.39, 0.29) is 4.90 Å². The number of aryl methyl sites for hydroxylation is 2. The lowest BCUT2D eigenvalue weighted by atomic mass is 10.1. The molecule has 0 spiro atoms. The van der Waals surface area contributed by atoms with Crippen LogP contribution in [0.5, 0.6) is 5.75 Å². The topological polar surface area (TPSA) is 84.8 Å². The van der Waals surface area contributed by atoms with Crippen molar-refractivity contribution in [2.45, 2.75) is 51.3 Å². The molecule has 0 aliphatic carbocycles. The Morgan fingerprint density at radius 2 is 1.86 bits per heavy atom. The summed E-state index contributed by atoms with van der Waals surface area (Å²) in [7, 11) is -3.85. The Hall–Kier alpha value is -2.67. The number of benzene rings is 2. The van der Waals surface area contributed by atoms with Crippen LogP contribution in [0.1, 0.15) is 54.1 Å². The lowest BCUT2D eigenvalue weighted by Gasteiger charge is -2.09. The summed E-state index contributed by atoms with van der Waals surface area (Å²) in [6.45, 7) is 6.27. The number of Topliss-reactive ketones (excluding diaryl/α,β-unsaturated/α-hetero) is 1. The molecule has 0 radical (unpaired) electrons. The van der Waals surface area contributed by atoms with Gasteiger partial charge in [-0.1, -0.05) is 56.0 Å². The number of nitrogens with one attached hydrogen (secondary N) is 1. The molecule has 1 N–H and O–H groups in total. The van der Waals surface area contributed by atoms with Gasteiger partial charge in [-0.2, -0.15) is 18.4 Å². The summed E-state index contributed by atoms with van der Waals surface area (Å²) in [4.78, 5) is 14.7. The molecule has 0 saturated carbocycles. The number of para-hydroxylation sites is 1. The number of sulfonamides is 1. The Morgan fingerprint density at radius 1 is 1.10 bits per heavy atom. The minimum absolute atomic E-state index is 0.128. The van der Waals surface area contributed by atoms with Crippen LogP contribution in [0.2, 0.25) is 0 Å². The van der Waals surface area contributed by atoms with E-state index in [9.17, 15) is 13.2 Å². The second kappa shape index (κ2) is 10.8. The summed E-state index contributed by atoms with van der Waals surface area (Å²) >= 11 is 0. The summed E-state index contributed by atoms with van der Waals surface area (Å²) in [6.07, 6.45) is 5.25. The van der Waals surface area contributed by atoms with E-state index in [4.69, 9.17) is 4.74 Å². The van der Waals surface area contributed by atoms with Crippen molar-refractivity contribution in [3.63, 3.8) is 0 Å². The Balaban J connectivity index is 2.03. The summed E-state index contributed by atoms with van der Waals surface area (Å²) in [5.41, 5.74) is 1.92. The molecule has 0 atom stereocenters. The number of nitrogens with zero attached hydrogens (tertiary/aromatic N) is 1. The van der Waals surface area contributed by atoms with Crippen molar-refractivity contribution in [1.29, 1.82) is 0 Å². The summed E-state index contributed by atoms with van der Waals surface area (Å²) in [5.74, 6) is 0.0372. The molecule has 0 unspecified atom stereocenters. The average molecular weight is 417 g/mol. The highest BCUT2D eigenvalue weighted by molar-refractivity contribution is 7.89. The van der Waals surface area contributed by atoms with Crippen molar-refractivity contribution in [2.24, 2.45) is 5.10 Å². The average Bonchev–Trinajstić information content (AvgIpc) is 2.67. The predicted octanol–water partition coefficient (Wildman–Crippen LogP) is 4.41. The molecule has 156 valence electrons. The molecule has 0 heterocycles. The zero-order chi connectivity index (χ0) is 21.3. The van der Waals surface area contributed by atoms with Gasteiger partial charge in [0.15, 0.2) is 0 Å². The zero-order valence-electron chi connectivity index (χ0n) is 17.1. The molecule has 7 heteroatoms. The number of hydrogen-bond donors (Lipinski definition) is 1. The highest BCUT2D eigenvalue weighted by atomic mass is 32.2. The standard InChI is InChI=1S/C22H28N2O4S/c1-4-5-6-9-14-28-21-11-8-7-10-19(21)20(25)16-23-24-29(26,27)22-13-12-17(2)15-18(22)3/h7-8,10-13,15-16,24H,4-6,9,14H2,1-3H3/b23-16+. The number of ketones is 1. The van der Waals surface area contributed by atoms with Gasteiger partial charge in [0, 0.05) is 0 Å². The maximum Gasteiger partial charge on any atom is 0.276 e. The van der Waals surface area contributed by atoms with Crippen molar-refractivity contribution in [1.82, 2.24) is 4.83 Å². The van der Waals surface area contributed by atoms with Crippen molar-refractivity contribution in [3.8, 4) is 5.75 Å². The van der Waals surface area contributed by atoms with E-state index < -0.39 is 15.8 Å². The van der Waals surface area contributed by atoms with E-state index in [0.29, 0.717) is 23.5 Å². The third-order valence-corrected chi connectivity index (χ3v) is 5.77. The van der Waals surface area contributed by atoms with Gasteiger partial charge >= 0.3 is 0 Å². The highest BCUT2D eigenvalue weighted by Gasteiger charge is 2.16. The van der Waals surface area contributed by atoms with E-state index in [2.05, 4.69) is 16.9 Å². The van der Waals surface area contributed by atoms with Crippen LogP contribution in [-0.4, -0.2) is 27.0 Å². The number of hydrazone groups is 1. The van der Waals surface area contributed by atoms with Gasteiger partial charge < -0.3 is 4.74 Å². The van der Waals surface area contributed by atoms with Crippen LogP contribution in [0.25, 0.3) is 0 Å². The second-order valence-corrected chi connectivity index (χ2v) is 8.52. The zero-order valence-corrected chi connectivity index (χ0v) is 18.0. The fourth-order valence-electron chi connectivity index (χ4n) is 2.88. The number of carbonyl (C=O) groups excluding carboxylic acids is 1. The normalized spacial score (nSPS) is 11.6. The van der Waals surface area contributed by atoms with Crippen LogP contribution in [-0.2, 0) is 10.0 Å². The van der Waals surface area contributed by atoms with Crippen molar-refractivity contribution < 1.29 is 17.9 Å². The molecule has 2 aromatic carbocycles. The van der Waals surface area contributed by atoms with Gasteiger partial charge in [0.2, 0.25) is 5.78 Å². The Bertz CT molecular complexity index is 969. The van der Waals surface area contributed by atoms with E-state index in [1.54, 1.807) is 43.3 Å². The van der Waals surface area contributed by atoms with E-state index in [0.717, 1.165) is 37.5 Å². The van der Waals surface area contributed by atoms with Crippen LogP contribution >= 0.6 is 0 Å². The van der Waals surface area contributed by atoms with Gasteiger partial charge in [-0.05, 0) is 44.0 Å². The first-order chi connectivity index (χ1) is 13.8. The van der Waals surface area contributed by atoms with Crippen LogP contribution < -0.4 is 9.57 Å². The van der Waals surface area contributed by atoms with Crippen molar-refractivity contribution >= 4 is 22.0 Å². The highest BCUT2D eigenvalue weighted by Crippen LogP contribution is 2.19. The summed E-state index contributed by atoms with van der Waals surface area (Å²) < 4.78 is 30.6. The van der Waals surface area contributed by atoms with Gasteiger partial charge in [-0.25, -0.2) is 0 Å². The second-order valence-electron chi connectivity index (χ2n) is 6.89. The van der Waals surface area contributed by atoms with Crippen LogP contribution in [0.4, 0.5) is 0 Å². The molecule has 0 aliphatic rings. The van der Waals surface area contributed by atoms with Crippen molar-refractivity contribution in [2.75, 3.05) is 6.61 Å². The molecule has 0 aliphatic heterocycles. The van der Waals surface area contributed by atoms with E-state index >= 15 is 0 Å². The predicted molar refractivity (Wildman–Crippen MR) is 115 cm³/mol. The fraction of sp³-hybridized carbons (Fsp3) is 0.364. The largest absolute Gasteiger partial charge is 0.493 e. The fourth-order valence-corrected chi connectivity index (χ4v) is 3.90.